The van der Waals surface area contributed by atoms with Gasteiger partial charge in [-0.05, 0) is 45.2 Å². The molecule has 1 saturated heterocycles. The number of rotatable bonds is 5. The number of carbonyl (C=O) groups is 1. The number of anilines is 1. The number of hydrogen-bond donors (Lipinski definition) is 1. The molecule has 0 radical (unpaired) electrons. The Bertz CT molecular complexity index is 898. The van der Waals surface area contributed by atoms with Crippen molar-refractivity contribution < 1.29 is 9.32 Å². The van der Waals surface area contributed by atoms with Gasteiger partial charge in [0.05, 0.1) is 11.6 Å². The van der Waals surface area contributed by atoms with E-state index in [0.717, 1.165) is 58.3 Å². The Balaban J connectivity index is 1.35. The van der Waals surface area contributed by atoms with Crippen LogP contribution in [0.25, 0.3) is 10.3 Å². The molecular weight excluding hydrogens is 362 g/mol. The minimum Gasteiger partial charge on any atom is -0.361 e. The van der Waals surface area contributed by atoms with Gasteiger partial charge in [0.15, 0.2) is 5.13 Å². The van der Waals surface area contributed by atoms with Gasteiger partial charge >= 0.3 is 0 Å². The van der Waals surface area contributed by atoms with Gasteiger partial charge in [-0.1, -0.05) is 16.5 Å². The van der Waals surface area contributed by atoms with Gasteiger partial charge in [0.2, 0.25) is 5.91 Å². The summed E-state index contributed by atoms with van der Waals surface area (Å²) in [4.78, 5) is 24.8. The van der Waals surface area contributed by atoms with Crippen molar-refractivity contribution in [2.45, 2.75) is 33.1 Å². The lowest BCUT2D eigenvalue weighted by atomic mass is 9.97. The molecule has 1 amide bonds. The van der Waals surface area contributed by atoms with E-state index in [2.05, 4.69) is 25.3 Å². The average molecular weight is 385 g/mol. The fourth-order valence-corrected chi connectivity index (χ4v) is 4.52. The van der Waals surface area contributed by atoms with Crippen LogP contribution >= 0.6 is 11.3 Å². The molecule has 4 rings (SSSR count). The molecule has 1 unspecified atom stereocenters. The SMILES string of the molecule is Cc1noc(C)c1CCNC(=O)C1CCCN(c2nc3cccnc3s2)C1. The number of amides is 1. The van der Waals surface area contributed by atoms with Gasteiger partial charge in [0, 0.05) is 31.4 Å². The van der Waals surface area contributed by atoms with Gasteiger partial charge in [-0.15, -0.1) is 0 Å². The third-order valence-electron chi connectivity index (χ3n) is 5.07. The van der Waals surface area contributed by atoms with Crippen molar-refractivity contribution in [1.29, 1.82) is 0 Å². The highest BCUT2D eigenvalue weighted by Gasteiger charge is 2.27. The zero-order valence-electron chi connectivity index (χ0n) is 15.6. The van der Waals surface area contributed by atoms with E-state index in [9.17, 15) is 4.79 Å². The van der Waals surface area contributed by atoms with Gasteiger partial charge in [-0.25, -0.2) is 9.97 Å². The van der Waals surface area contributed by atoms with Crippen molar-refractivity contribution in [3.8, 4) is 0 Å². The summed E-state index contributed by atoms with van der Waals surface area (Å²) in [6.45, 7) is 6.07. The third-order valence-corrected chi connectivity index (χ3v) is 6.11. The van der Waals surface area contributed by atoms with Gasteiger partial charge in [0.1, 0.15) is 16.1 Å². The molecule has 0 saturated carbocycles. The summed E-state index contributed by atoms with van der Waals surface area (Å²) in [5.74, 6) is 0.934. The molecule has 0 aromatic carbocycles. The van der Waals surface area contributed by atoms with E-state index in [1.807, 2.05) is 26.0 Å². The van der Waals surface area contributed by atoms with E-state index in [-0.39, 0.29) is 11.8 Å². The van der Waals surface area contributed by atoms with Gasteiger partial charge < -0.3 is 14.7 Å². The van der Waals surface area contributed by atoms with Crippen molar-refractivity contribution in [3.63, 3.8) is 0 Å². The first-order valence-electron chi connectivity index (χ1n) is 9.28. The molecule has 3 aromatic rings. The molecule has 142 valence electrons. The molecule has 1 aliphatic rings. The zero-order chi connectivity index (χ0) is 18.8. The minimum atomic E-state index is -0.0107. The molecule has 27 heavy (non-hydrogen) atoms. The normalized spacial score (nSPS) is 17.4. The van der Waals surface area contributed by atoms with Crippen molar-refractivity contribution in [1.82, 2.24) is 20.4 Å². The van der Waals surface area contributed by atoms with Crippen LogP contribution in [0.3, 0.4) is 0 Å². The molecule has 1 aliphatic heterocycles. The van der Waals surface area contributed by atoms with Gasteiger partial charge in [0.25, 0.3) is 0 Å². The number of aromatic nitrogens is 3. The fourth-order valence-electron chi connectivity index (χ4n) is 3.57. The van der Waals surface area contributed by atoms with Crippen LogP contribution < -0.4 is 10.2 Å². The molecule has 0 aliphatic carbocycles. The number of pyridine rings is 1. The maximum absolute atomic E-state index is 12.6. The summed E-state index contributed by atoms with van der Waals surface area (Å²) in [6, 6.07) is 3.88. The molecular formula is C19H23N5O2S. The fraction of sp³-hybridized carbons (Fsp3) is 0.474. The number of nitrogens with zero attached hydrogens (tertiary/aromatic N) is 4. The van der Waals surface area contributed by atoms with E-state index in [4.69, 9.17) is 4.52 Å². The molecule has 1 fully saturated rings. The van der Waals surface area contributed by atoms with Crippen molar-refractivity contribution in [3.05, 3.63) is 35.3 Å². The molecule has 1 N–H and O–H groups in total. The molecule has 0 bridgehead atoms. The minimum absolute atomic E-state index is 0.0107. The Morgan fingerprint density at radius 2 is 2.33 bits per heavy atom. The smallest absolute Gasteiger partial charge is 0.224 e. The Hall–Kier alpha value is -2.48. The topological polar surface area (TPSA) is 84.2 Å². The standard InChI is InChI=1S/C19H23N5O2S/c1-12-15(13(2)26-23-12)7-9-20-17(25)14-5-4-10-24(11-14)19-22-16-6-3-8-21-18(16)27-19/h3,6,8,14H,4-5,7,9-11H2,1-2H3,(H,20,25). The molecule has 4 heterocycles. The first kappa shape index (κ1) is 17.9. The maximum atomic E-state index is 12.6. The number of hydrogen-bond acceptors (Lipinski definition) is 7. The Labute approximate surface area is 161 Å². The number of fused-ring (bicyclic) bond motifs is 1. The zero-order valence-corrected chi connectivity index (χ0v) is 16.4. The van der Waals surface area contributed by atoms with E-state index in [1.165, 1.54) is 0 Å². The number of carbonyl (C=O) groups excluding carboxylic acids is 1. The molecule has 8 heteroatoms. The highest BCUT2D eigenvalue weighted by molar-refractivity contribution is 7.21. The highest BCUT2D eigenvalue weighted by Crippen LogP contribution is 2.30. The van der Waals surface area contributed by atoms with Crippen molar-refractivity contribution in [2.24, 2.45) is 5.92 Å². The lowest BCUT2D eigenvalue weighted by Crippen LogP contribution is -2.43. The largest absolute Gasteiger partial charge is 0.361 e. The Morgan fingerprint density at radius 3 is 3.11 bits per heavy atom. The average Bonchev–Trinajstić information content (AvgIpc) is 3.26. The summed E-state index contributed by atoms with van der Waals surface area (Å²) < 4.78 is 5.18. The summed E-state index contributed by atoms with van der Waals surface area (Å²) >= 11 is 1.59. The second-order valence-corrected chi connectivity index (χ2v) is 7.91. The van der Waals surface area contributed by atoms with Gasteiger partial charge in [-0.2, -0.15) is 0 Å². The van der Waals surface area contributed by atoms with Crippen molar-refractivity contribution in [2.75, 3.05) is 24.5 Å². The summed E-state index contributed by atoms with van der Waals surface area (Å²) in [5, 5.41) is 7.99. The van der Waals surface area contributed by atoms with Crippen LogP contribution in [0.1, 0.15) is 29.9 Å². The Kier molecular flexibility index (Phi) is 5.07. The third kappa shape index (κ3) is 3.80. The second kappa shape index (κ2) is 7.64. The predicted molar refractivity (Wildman–Crippen MR) is 105 cm³/mol. The van der Waals surface area contributed by atoms with Crippen LogP contribution in [0, 0.1) is 19.8 Å². The van der Waals surface area contributed by atoms with Crippen LogP contribution in [-0.4, -0.2) is 40.7 Å². The van der Waals surface area contributed by atoms with E-state index in [1.54, 1.807) is 17.5 Å². The van der Waals surface area contributed by atoms with Crippen LogP contribution in [0.2, 0.25) is 0 Å². The van der Waals surface area contributed by atoms with Crippen LogP contribution in [0.15, 0.2) is 22.9 Å². The number of thiazole rings is 1. The van der Waals surface area contributed by atoms with Crippen molar-refractivity contribution >= 4 is 32.7 Å². The summed E-state index contributed by atoms with van der Waals surface area (Å²) in [6.07, 6.45) is 4.44. The lowest BCUT2D eigenvalue weighted by Gasteiger charge is -2.31. The second-order valence-electron chi connectivity index (χ2n) is 6.95. The summed E-state index contributed by atoms with van der Waals surface area (Å²) in [7, 11) is 0. The molecule has 7 nitrogen and oxygen atoms in total. The quantitative estimate of drug-likeness (QED) is 0.727. The predicted octanol–water partition coefficient (Wildman–Crippen LogP) is 2.87. The molecule has 3 aromatic heterocycles. The van der Waals surface area contributed by atoms with E-state index < -0.39 is 0 Å². The number of piperidine rings is 1. The lowest BCUT2D eigenvalue weighted by molar-refractivity contribution is -0.125. The first-order chi connectivity index (χ1) is 13.1. The first-order valence-corrected chi connectivity index (χ1v) is 10.1. The number of aryl methyl sites for hydroxylation is 2. The molecule has 0 spiro atoms. The molecule has 1 atom stereocenters. The monoisotopic (exact) mass is 385 g/mol. The summed E-state index contributed by atoms with van der Waals surface area (Å²) in [5.41, 5.74) is 2.90. The highest BCUT2D eigenvalue weighted by atomic mass is 32.1. The van der Waals surface area contributed by atoms with Crippen LogP contribution in [-0.2, 0) is 11.2 Å². The Morgan fingerprint density at radius 1 is 1.44 bits per heavy atom. The van der Waals surface area contributed by atoms with E-state index >= 15 is 0 Å². The van der Waals surface area contributed by atoms with Gasteiger partial charge in [-0.3, -0.25) is 4.79 Å². The maximum Gasteiger partial charge on any atom is 0.224 e. The number of nitrogens with one attached hydrogen (secondary N) is 1. The van der Waals surface area contributed by atoms with E-state index in [0.29, 0.717) is 13.1 Å². The van der Waals surface area contributed by atoms with Crippen LogP contribution in [0.5, 0.6) is 0 Å². The van der Waals surface area contributed by atoms with Crippen LogP contribution in [0.4, 0.5) is 5.13 Å².